The van der Waals surface area contributed by atoms with Crippen LogP contribution >= 0.6 is 11.6 Å². The molecule has 1 aromatic rings. The van der Waals surface area contributed by atoms with Gasteiger partial charge in [0.05, 0.1) is 0 Å². The van der Waals surface area contributed by atoms with Crippen molar-refractivity contribution >= 4 is 11.6 Å². The van der Waals surface area contributed by atoms with Gasteiger partial charge in [0.25, 0.3) is 0 Å². The molecule has 0 spiro atoms. The Bertz CT molecular complexity index is 444. The molecule has 3 heteroatoms. The fourth-order valence-electron chi connectivity index (χ4n) is 3.38. The molecule has 20 heavy (non-hydrogen) atoms. The normalized spacial score (nSPS) is 27.7. The molecule has 3 rings (SSSR count). The lowest BCUT2D eigenvalue weighted by atomic mass is 10.0. The van der Waals surface area contributed by atoms with Crippen LogP contribution in [0.25, 0.3) is 0 Å². The molecule has 1 aliphatic carbocycles. The minimum atomic E-state index is 0.675. The molecule has 0 bridgehead atoms. The number of hydrogen-bond acceptors (Lipinski definition) is 2. The average molecular weight is 293 g/mol. The first kappa shape index (κ1) is 14.4. The van der Waals surface area contributed by atoms with Gasteiger partial charge in [-0.3, -0.25) is 4.90 Å². The van der Waals surface area contributed by atoms with Gasteiger partial charge in [0.1, 0.15) is 0 Å². The van der Waals surface area contributed by atoms with E-state index in [9.17, 15) is 0 Å². The molecule has 1 saturated carbocycles. The highest BCUT2D eigenvalue weighted by Gasteiger charge is 2.36. The van der Waals surface area contributed by atoms with Gasteiger partial charge in [-0.15, -0.1) is 0 Å². The van der Waals surface area contributed by atoms with Gasteiger partial charge in [0, 0.05) is 36.7 Å². The van der Waals surface area contributed by atoms with Crippen LogP contribution in [0.15, 0.2) is 24.3 Å². The predicted octanol–water partition coefficient (Wildman–Crippen LogP) is 3.69. The Kier molecular flexibility index (Phi) is 4.65. The summed E-state index contributed by atoms with van der Waals surface area (Å²) in [6, 6.07) is 9.71. The van der Waals surface area contributed by atoms with Crippen molar-refractivity contribution in [2.45, 2.75) is 51.2 Å². The summed E-state index contributed by atoms with van der Waals surface area (Å²) in [7, 11) is 0. The van der Waals surface area contributed by atoms with Crippen molar-refractivity contribution < 1.29 is 0 Å². The highest BCUT2D eigenvalue weighted by Crippen LogP contribution is 2.35. The monoisotopic (exact) mass is 292 g/mol. The maximum absolute atomic E-state index is 6.12. The standard InChI is InChI=1S/C17H25ClN2/c1-2-4-16-10-19-17(14-7-8-14)12-20(16)11-13-5-3-6-15(18)9-13/h3,5-6,9,14,16-17,19H,2,4,7-8,10-12H2,1H3. The zero-order valence-corrected chi connectivity index (χ0v) is 13.1. The minimum Gasteiger partial charge on any atom is -0.311 e. The number of benzene rings is 1. The highest BCUT2D eigenvalue weighted by atomic mass is 35.5. The maximum atomic E-state index is 6.12. The summed E-state index contributed by atoms with van der Waals surface area (Å²) in [5, 5.41) is 4.63. The molecule has 0 aromatic heterocycles. The molecule has 2 aliphatic rings. The first-order chi connectivity index (χ1) is 9.76. The van der Waals surface area contributed by atoms with Crippen molar-refractivity contribution in [1.82, 2.24) is 10.2 Å². The van der Waals surface area contributed by atoms with Crippen molar-refractivity contribution in [2.24, 2.45) is 5.92 Å². The van der Waals surface area contributed by atoms with Gasteiger partial charge in [-0.1, -0.05) is 37.1 Å². The van der Waals surface area contributed by atoms with Crippen LogP contribution in [0.2, 0.25) is 5.02 Å². The molecule has 2 nitrogen and oxygen atoms in total. The van der Waals surface area contributed by atoms with Crippen LogP contribution in [-0.4, -0.2) is 30.1 Å². The van der Waals surface area contributed by atoms with Crippen LogP contribution in [0.4, 0.5) is 0 Å². The summed E-state index contributed by atoms with van der Waals surface area (Å²) in [6.45, 7) is 5.66. The van der Waals surface area contributed by atoms with Crippen molar-refractivity contribution in [3.63, 3.8) is 0 Å². The molecule has 0 amide bonds. The van der Waals surface area contributed by atoms with E-state index < -0.39 is 0 Å². The molecular formula is C17H25ClN2. The second-order valence-corrected chi connectivity index (χ2v) is 6.79. The SMILES string of the molecule is CCCC1CNC(C2CC2)CN1Cc1cccc(Cl)c1. The summed E-state index contributed by atoms with van der Waals surface area (Å²) in [5.41, 5.74) is 1.34. The minimum absolute atomic E-state index is 0.675. The smallest absolute Gasteiger partial charge is 0.0409 e. The van der Waals surface area contributed by atoms with Gasteiger partial charge < -0.3 is 5.32 Å². The first-order valence-corrected chi connectivity index (χ1v) is 8.36. The van der Waals surface area contributed by atoms with Crippen molar-refractivity contribution in [2.75, 3.05) is 13.1 Å². The highest BCUT2D eigenvalue weighted by molar-refractivity contribution is 6.30. The fraction of sp³-hybridized carbons (Fsp3) is 0.647. The summed E-state index contributed by atoms with van der Waals surface area (Å²) in [6.07, 6.45) is 5.37. The van der Waals surface area contributed by atoms with E-state index in [2.05, 4.69) is 35.3 Å². The van der Waals surface area contributed by atoms with Gasteiger partial charge in [-0.25, -0.2) is 0 Å². The van der Waals surface area contributed by atoms with Crippen LogP contribution in [0.3, 0.4) is 0 Å². The molecule has 2 unspecified atom stereocenters. The number of halogens is 1. The summed E-state index contributed by atoms with van der Waals surface area (Å²) in [5.74, 6) is 0.930. The number of rotatable bonds is 5. The van der Waals surface area contributed by atoms with Crippen LogP contribution in [0.1, 0.15) is 38.2 Å². The zero-order chi connectivity index (χ0) is 13.9. The summed E-state index contributed by atoms with van der Waals surface area (Å²) < 4.78 is 0. The third kappa shape index (κ3) is 3.55. The summed E-state index contributed by atoms with van der Waals surface area (Å²) >= 11 is 6.12. The van der Waals surface area contributed by atoms with E-state index in [-0.39, 0.29) is 0 Å². The average Bonchev–Trinajstić information content (AvgIpc) is 3.25. The molecule has 1 N–H and O–H groups in total. The lowest BCUT2D eigenvalue weighted by Crippen LogP contribution is -2.56. The molecule has 1 heterocycles. The number of hydrogen-bond donors (Lipinski definition) is 1. The Hall–Kier alpha value is -0.570. The van der Waals surface area contributed by atoms with E-state index in [0.717, 1.165) is 24.0 Å². The molecular weight excluding hydrogens is 268 g/mol. The number of piperazine rings is 1. The second-order valence-electron chi connectivity index (χ2n) is 6.35. The molecule has 1 aromatic carbocycles. The molecule has 0 radical (unpaired) electrons. The van der Waals surface area contributed by atoms with Crippen LogP contribution in [-0.2, 0) is 6.54 Å². The number of nitrogens with one attached hydrogen (secondary N) is 1. The quantitative estimate of drug-likeness (QED) is 0.890. The second kappa shape index (κ2) is 6.46. The largest absolute Gasteiger partial charge is 0.311 e. The van der Waals surface area contributed by atoms with Crippen LogP contribution in [0.5, 0.6) is 0 Å². The number of nitrogens with zero attached hydrogens (tertiary/aromatic N) is 1. The predicted molar refractivity (Wildman–Crippen MR) is 85.1 cm³/mol. The first-order valence-electron chi connectivity index (χ1n) is 7.98. The molecule has 1 saturated heterocycles. The third-order valence-electron chi connectivity index (χ3n) is 4.65. The van der Waals surface area contributed by atoms with Gasteiger partial charge >= 0.3 is 0 Å². The Balaban J connectivity index is 1.68. The molecule has 110 valence electrons. The van der Waals surface area contributed by atoms with Crippen LogP contribution < -0.4 is 5.32 Å². The Morgan fingerprint density at radius 1 is 1.35 bits per heavy atom. The Labute approximate surface area is 127 Å². The maximum Gasteiger partial charge on any atom is 0.0409 e. The van der Waals surface area contributed by atoms with E-state index >= 15 is 0 Å². The Morgan fingerprint density at radius 3 is 2.90 bits per heavy atom. The van der Waals surface area contributed by atoms with E-state index in [0.29, 0.717) is 12.1 Å². The third-order valence-corrected chi connectivity index (χ3v) is 4.89. The fourth-order valence-corrected chi connectivity index (χ4v) is 3.59. The molecule has 2 atom stereocenters. The van der Waals surface area contributed by atoms with E-state index in [1.54, 1.807) is 0 Å². The topological polar surface area (TPSA) is 15.3 Å². The van der Waals surface area contributed by atoms with Crippen molar-refractivity contribution in [3.8, 4) is 0 Å². The van der Waals surface area contributed by atoms with Gasteiger partial charge in [0.15, 0.2) is 0 Å². The van der Waals surface area contributed by atoms with Crippen molar-refractivity contribution in [3.05, 3.63) is 34.9 Å². The molecule has 1 aliphatic heterocycles. The van der Waals surface area contributed by atoms with Gasteiger partial charge in [-0.05, 0) is 42.9 Å². The lowest BCUT2D eigenvalue weighted by molar-refractivity contribution is 0.108. The molecule has 2 fully saturated rings. The van der Waals surface area contributed by atoms with Gasteiger partial charge in [0.2, 0.25) is 0 Å². The summed E-state index contributed by atoms with van der Waals surface area (Å²) in [4.78, 5) is 2.68. The van der Waals surface area contributed by atoms with Crippen molar-refractivity contribution in [1.29, 1.82) is 0 Å². The van der Waals surface area contributed by atoms with Gasteiger partial charge in [-0.2, -0.15) is 0 Å². The van der Waals surface area contributed by atoms with E-state index in [1.807, 2.05) is 6.07 Å². The van der Waals surface area contributed by atoms with E-state index in [4.69, 9.17) is 11.6 Å². The lowest BCUT2D eigenvalue weighted by Gasteiger charge is -2.41. The Morgan fingerprint density at radius 2 is 2.20 bits per heavy atom. The van der Waals surface area contributed by atoms with E-state index in [1.165, 1.54) is 37.8 Å². The zero-order valence-electron chi connectivity index (χ0n) is 12.3. The van der Waals surface area contributed by atoms with Crippen LogP contribution in [0, 0.1) is 5.92 Å².